The Labute approximate surface area is 153 Å². The Hall–Kier alpha value is -3.14. The molecular weight excluding hydrogens is 324 g/mol. The van der Waals surface area contributed by atoms with Gasteiger partial charge in [-0.2, -0.15) is 0 Å². The lowest BCUT2D eigenvalue weighted by Gasteiger charge is -2.09. The van der Waals surface area contributed by atoms with E-state index in [1.165, 1.54) is 11.1 Å². The highest BCUT2D eigenvalue weighted by molar-refractivity contribution is 5.88. The fraction of sp³-hybridized carbons (Fsp3) is 0.182. The Morgan fingerprint density at radius 3 is 2.15 bits per heavy atom. The highest BCUT2D eigenvalue weighted by Crippen LogP contribution is 2.22. The van der Waals surface area contributed by atoms with Gasteiger partial charge >= 0.3 is 5.97 Å². The number of aromatic carboxylic acids is 1. The van der Waals surface area contributed by atoms with Crippen molar-refractivity contribution in [2.45, 2.75) is 27.7 Å². The van der Waals surface area contributed by atoms with Gasteiger partial charge in [0.1, 0.15) is 0 Å². The third-order valence-corrected chi connectivity index (χ3v) is 4.40. The van der Waals surface area contributed by atoms with Gasteiger partial charge in [-0.1, -0.05) is 6.07 Å². The quantitative estimate of drug-likeness (QED) is 0.663. The van der Waals surface area contributed by atoms with Crippen LogP contribution in [0.1, 0.15) is 38.4 Å². The van der Waals surface area contributed by atoms with E-state index >= 15 is 0 Å². The van der Waals surface area contributed by atoms with E-state index in [-0.39, 0.29) is 5.56 Å². The molecule has 0 unspecified atom stereocenters. The number of nitrogens with zero attached hydrogens (tertiary/aromatic N) is 2. The maximum absolute atomic E-state index is 11.0. The summed E-state index contributed by atoms with van der Waals surface area (Å²) in [7, 11) is 0. The standard InChI is InChI=1S/C22H22N2O2/c1-14-9-15(2)11-20(10-14)23-13-19-12-16(3)24(17(19)4)21-7-5-18(6-8-21)22(25)26/h5-13H,1-4H3,(H,25,26). The fourth-order valence-electron chi connectivity index (χ4n) is 3.24. The van der Waals surface area contributed by atoms with Crippen molar-refractivity contribution in [2.75, 3.05) is 0 Å². The largest absolute Gasteiger partial charge is 0.478 e. The second-order valence-corrected chi connectivity index (χ2v) is 6.62. The number of aromatic nitrogens is 1. The van der Waals surface area contributed by atoms with Crippen molar-refractivity contribution in [3.05, 3.63) is 82.2 Å². The lowest BCUT2D eigenvalue weighted by atomic mass is 10.1. The molecule has 0 atom stereocenters. The van der Waals surface area contributed by atoms with Gasteiger partial charge in [0.25, 0.3) is 0 Å². The van der Waals surface area contributed by atoms with E-state index in [2.05, 4.69) is 47.7 Å². The minimum atomic E-state index is -0.918. The first kappa shape index (κ1) is 17.7. The van der Waals surface area contributed by atoms with Crippen LogP contribution in [0.3, 0.4) is 0 Å². The second-order valence-electron chi connectivity index (χ2n) is 6.62. The first-order valence-corrected chi connectivity index (χ1v) is 8.50. The maximum Gasteiger partial charge on any atom is 0.335 e. The van der Waals surface area contributed by atoms with Gasteiger partial charge in [0.2, 0.25) is 0 Å². The summed E-state index contributed by atoms with van der Waals surface area (Å²) in [5.74, 6) is -0.918. The third-order valence-electron chi connectivity index (χ3n) is 4.40. The predicted octanol–water partition coefficient (Wildman–Crippen LogP) is 5.16. The molecule has 0 fully saturated rings. The number of aryl methyl sites for hydroxylation is 3. The number of carboxylic acid groups (broad SMARTS) is 1. The normalized spacial score (nSPS) is 11.2. The van der Waals surface area contributed by atoms with Crippen molar-refractivity contribution >= 4 is 17.9 Å². The summed E-state index contributed by atoms with van der Waals surface area (Å²) in [6.45, 7) is 8.21. The van der Waals surface area contributed by atoms with Crippen molar-refractivity contribution in [1.82, 2.24) is 4.57 Å². The predicted molar refractivity (Wildman–Crippen MR) is 105 cm³/mol. The van der Waals surface area contributed by atoms with Crippen LogP contribution in [0.25, 0.3) is 5.69 Å². The smallest absolute Gasteiger partial charge is 0.335 e. The number of carboxylic acids is 1. The molecule has 2 aromatic carbocycles. The minimum absolute atomic E-state index is 0.285. The number of hydrogen-bond donors (Lipinski definition) is 1. The SMILES string of the molecule is Cc1cc(C)cc(N=Cc2cc(C)n(-c3ccc(C(=O)O)cc3)c2C)c1. The first-order valence-electron chi connectivity index (χ1n) is 8.50. The zero-order valence-electron chi connectivity index (χ0n) is 15.4. The number of carbonyl (C=O) groups is 1. The Morgan fingerprint density at radius 1 is 0.962 bits per heavy atom. The monoisotopic (exact) mass is 346 g/mol. The van der Waals surface area contributed by atoms with Gasteiger partial charge in [0.05, 0.1) is 11.3 Å². The summed E-state index contributed by atoms with van der Waals surface area (Å²) in [6, 6.07) is 15.3. The van der Waals surface area contributed by atoms with Crippen molar-refractivity contribution in [1.29, 1.82) is 0 Å². The number of rotatable bonds is 4. The molecule has 0 aliphatic rings. The van der Waals surface area contributed by atoms with Crippen LogP contribution in [0.4, 0.5) is 5.69 Å². The summed E-state index contributed by atoms with van der Waals surface area (Å²) in [6.07, 6.45) is 1.89. The van der Waals surface area contributed by atoms with Gasteiger partial charge in [-0.25, -0.2) is 4.79 Å². The van der Waals surface area contributed by atoms with Crippen LogP contribution in [-0.2, 0) is 0 Å². The van der Waals surface area contributed by atoms with Gasteiger partial charge in [0, 0.05) is 28.9 Å². The average Bonchev–Trinajstić information content (AvgIpc) is 2.86. The molecule has 4 nitrogen and oxygen atoms in total. The van der Waals surface area contributed by atoms with Crippen molar-refractivity contribution in [2.24, 2.45) is 4.99 Å². The molecule has 3 rings (SSSR count). The molecule has 0 saturated carbocycles. The molecule has 0 bridgehead atoms. The van der Waals surface area contributed by atoms with Gasteiger partial charge < -0.3 is 9.67 Å². The summed E-state index contributed by atoms with van der Waals surface area (Å²) in [4.78, 5) is 15.7. The molecule has 0 aliphatic heterocycles. The van der Waals surface area contributed by atoms with Gasteiger partial charge in [-0.05, 0) is 81.3 Å². The van der Waals surface area contributed by atoms with E-state index in [9.17, 15) is 4.79 Å². The summed E-state index contributed by atoms with van der Waals surface area (Å²) >= 11 is 0. The molecule has 3 aromatic rings. The van der Waals surface area contributed by atoms with E-state index in [1.807, 2.05) is 32.2 Å². The van der Waals surface area contributed by atoms with Gasteiger partial charge in [0.15, 0.2) is 0 Å². The summed E-state index contributed by atoms with van der Waals surface area (Å²) in [5.41, 5.74) is 7.75. The fourth-order valence-corrected chi connectivity index (χ4v) is 3.24. The molecule has 0 aliphatic carbocycles. The number of aliphatic imine (C=N–C) groups is 1. The average molecular weight is 346 g/mol. The van der Waals surface area contributed by atoms with Crippen LogP contribution in [0, 0.1) is 27.7 Å². The Bertz CT molecular complexity index is 975. The van der Waals surface area contributed by atoms with Crippen LogP contribution in [0.15, 0.2) is 53.5 Å². The molecule has 0 spiro atoms. The van der Waals surface area contributed by atoms with Crippen molar-refractivity contribution in [3.8, 4) is 5.69 Å². The molecule has 26 heavy (non-hydrogen) atoms. The number of hydrogen-bond acceptors (Lipinski definition) is 2. The lowest BCUT2D eigenvalue weighted by molar-refractivity contribution is 0.0697. The highest BCUT2D eigenvalue weighted by atomic mass is 16.4. The molecule has 0 saturated heterocycles. The second kappa shape index (κ2) is 7.00. The van der Waals surface area contributed by atoms with E-state index in [4.69, 9.17) is 5.11 Å². The van der Waals surface area contributed by atoms with E-state index in [0.29, 0.717) is 0 Å². The van der Waals surface area contributed by atoms with Crippen LogP contribution in [0.5, 0.6) is 0 Å². The number of benzene rings is 2. The molecule has 1 N–H and O–H groups in total. The van der Waals surface area contributed by atoms with Crippen LogP contribution in [-0.4, -0.2) is 21.9 Å². The van der Waals surface area contributed by atoms with Gasteiger partial charge in [-0.3, -0.25) is 4.99 Å². The molecule has 0 radical (unpaired) electrons. The van der Waals surface area contributed by atoms with E-state index in [0.717, 1.165) is 28.3 Å². The zero-order chi connectivity index (χ0) is 18.8. The lowest BCUT2D eigenvalue weighted by Crippen LogP contribution is -2.01. The Morgan fingerprint density at radius 2 is 1.58 bits per heavy atom. The highest BCUT2D eigenvalue weighted by Gasteiger charge is 2.10. The zero-order valence-corrected chi connectivity index (χ0v) is 15.4. The third kappa shape index (κ3) is 3.59. The van der Waals surface area contributed by atoms with Crippen molar-refractivity contribution in [3.63, 3.8) is 0 Å². The van der Waals surface area contributed by atoms with E-state index in [1.54, 1.807) is 12.1 Å². The molecule has 1 aromatic heterocycles. The Kier molecular flexibility index (Phi) is 4.76. The molecule has 132 valence electrons. The van der Waals surface area contributed by atoms with Crippen LogP contribution >= 0.6 is 0 Å². The Balaban J connectivity index is 1.95. The van der Waals surface area contributed by atoms with Gasteiger partial charge in [-0.15, -0.1) is 0 Å². The topological polar surface area (TPSA) is 54.6 Å². The molecule has 0 amide bonds. The summed E-state index contributed by atoms with van der Waals surface area (Å²) < 4.78 is 2.11. The van der Waals surface area contributed by atoms with Crippen LogP contribution in [0.2, 0.25) is 0 Å². The summed E-state index contributed by atoms with van der Waals surface area (Å²) in [5, 5.41) is 9.05. The van der Waals surface area contributed by atoms with Crippen molar-refractivity contribution < 1.29 is 9.90 Å². The minimum Gasteiger partial charge on any atom is -0.478 e. The molecular formula is C22H22N2O2. The van der Waals surface area contributed by atoms with Crippen LogP contribution < -0.4 is 0 Å². The maximum atomic E-state index is 11.0. The first-order chi connectivity index (χ1) is 12.3. The molecule has 4 heteroatoms. The molecule has 1 heterocycles. The van der Waals surface area contributed by atoms with E-state index < -0.39 is 5.97 Å².